The Hall–Kier alpha value is -1.20. The summed E-state index contributed by atoms with van der Waals surface area (Å²) >= 11 is 1.70. The van der Waals surface area contributed by atoms with Crippen LogP contribution in [0.5, 0.6) is 5.75 Å². The van der Waals surface area contributed by atoms with E-state index in [0.717, 1.165) is 29.1 Å². The molecule has 2 atom stereocenters. The number of rotatable bonds is 10. The first-order valence-corrected chi connectivity index (χ1v) is 10.0. The normalized spacial score (nSPS) is 13.6. The van der Waals surface area contributed by atoms with E-state index in [1.165, 1.54) is 0 Å². The summed E-state index contributed by atoms with van der Waals surface area (Å²) in [5.41, 5.74) is 8.04. The molecule has 0 aliphatic carbocycles. The lowest BCUT2D eigenvalue weighted by Crippen LogP contribution is -2.40. The zero-order valence-corrected chi connectivity index (χ0v) is 16.4. The average molecular weight is 353 g/mol. The number of amides is 1. The van der Waals surface area contributed by atoms with Crippen LogP contribution < -0.4 is 15.8 Å². The van der Waals surface area contributed by atoms with Gasteiger partial charge in [0.15, 0.2) is 0 Å². The first-order chi connectivity index (χ1) is 11.3. The molecule has 0 heterocycles. The summed E-state index contributed by atoms with van der Waals surface area (Å²) in [4.78, 5) is 12.1. The molecule has 24 heavy (non-hydrogen) atoms. The SMILES string of the molecule is CSCC[C@H](N)C(=O)NCc1ccc(C)cc1OC(C)CC(C)C. The maximum atomic E-state index is 12.1. The van der Waals surface area contributed by atoms with E-state index in [2.05, 4.69) is 26.1 Å². The Bertz CT molecular complexity index is 520. The molecule has 0 fully saturated rings. The molecule has 0 spiro atoms. The standard InChI is InChI=1S/C19H32N2O2S/c1-13(2)10-15(4)23-18-11-14(3)6-7-16(18)12-21-19(22)17(20)8-9-24-5/h6-7,11,13,15,17H,8-10,12,20H2,1-5H3,(H,21,22)/t15?,17-/m0/s1. The minimum atomic E-state index is -0.452. The van der Waals surface area contributed by atoms with Gasteiger partial charge in [0.05, 0.1) is 12.1 Å². The lowest BCUT2D eigenvalue weighted by Gasteiger charge is -2.20. The second-order valence-electron chi connectivity index (χ2n) is 6.77. The molecular weight excluding hydrogens is 320 g/mol. The molecule has 136 valence electrons. The zero-order chi connectivity index (χ0) is 18.1. The smallest absolute Gasteiger partial charge is 0.237 e. The number of ether oxygens (including phenoxy) is 1. The molecule has 4 nitrogen and oxygen atoms in total. The van der Waals surface area contributed by atoms with Crippen molar-refractivity contribution >= 4 is 17.7 Å². The summed E-state index contributed by atoms with van der Waals surface area (Å²) in [6.07, 6.45) is 3.85. The number of nitrogens with one attached hydrogen (secondary N) is 1. The summed E-state index contributed by atoms with van der Waals surface area (Å²) in [7, 11) is 0. The van der Waals surface area contributed by atoms with Gasteiger partial charge >= 0.3 is 0 Å². The zero-order valence-electron chi connectivity index (χ0n) is 15.6. The highest BCUT2D eigenvalue weighted by Gasteiger charge is 2.15. The third-order valence-corrected chi connectivity index (χ3v) is 4.42. The van der Waals surface area contributed by atoms with Crippen LogP contribution in [0.3, 0.4) is 0 Å². The van der Waals surface area contributed by atoms with Crippen molar-refractivity contribution in [1.82, 2.24) is 5.32 Å². The molecule has 3 N–H and O–H groups in total. The number of carbonyl (C=O) groups is 1. The minimum Gasteiger partial charge on any atom is -0.490 e. The van der Waals surface area contributed by atoms with Crippen molar-refractivity contribution in [2.24, 2.45) is 11.7 Å². The molecule has 1 rings (SSSR count). The van der Waals surface area contributed by atoms with Crippen LogP contribution in [0.15, 0.2) is 18.2 Å². The summed E-state index contributed by atoms with van der Waals surface area (Å²) in [6, 6.07) is 5.63. The summed E-state index contributed by atoms with van der Waals surface area (Å²) < 4.78 is 6.11. The van der Waals surface area contributed by atoms with Gasteiger partial charge < -0.3 is 15.8 Å². The van der Waals surface area contributed by atoms with E-state index in [1.807, 2.05) is 31.4 Å². The van der Waals surface area contributed by atoms with Crippen molar-refractivity contribution < 1.29 is 9.53 Å². The lowest BCUT2D eigenvalue weighted by molar-refractivity contribution is -0.122. The average Bonchev–Trinajstić information content (AvgIpc) is 2.50. The van der Waals surface area contributed by atoms with Gasteiger partial charge in [-0.25, -0.2) is 0 Å². The first-order valence-electron chi connectivity index (χ1n) is 8.61. The monoisotopic (exact) mass is 352 g/mol. The van der Waals surface area contributed by atoms with Gasteiger partial charge in [-0.2, -0.15) is 11.8 Å². The lowest BCUT2D eigenvalue weighted by atomic mass is 10.1. The van der Waals surface area contributed by atoms with Crippen LogP contribution in [0.2, 0.25) is 0 Å². The Kier molecular flexibility index (Phi) is 9.22. The number of thioether (sulfide) groups is 1. The molecule has 1 amide bonds. The molecule has 1 aromatic rings. The molecule has 0 aliphatic heterocycles. The van der Waals surface area contributed by atoms with Gasteiger partial charge in [-0.1, -0.05) is 26.0 Å². The van der Waals surface area contributed by atoms with E-state index >= 15 is 0 Å². The Labute approximate surface area is 150 Å². The number of aryl methyl sites for hydroxylation is 1. The molecule has 0 saturated heterocycles. The fraction of sp³-hybridized carbons (Fsp3) is 0.632. The second kappa shape index (κ2) is 10.6. The summed E-state index contributed by atoms with van der Waals surface area (Å²) in [5, 5.41) is 2.93. The molecule has 0 aliphatic rings. The van der Waals surface area contributed by atoms with E-state index < -0.39 is 6.04 Å². The Morgan fingerprint density at radius 3 is 2.67 bits per heavy atom. The highest BCUT2D eigenvalue weighted by Crippen LogP contribution is 2.23. The predicted octanol–water partition coefficient (Wildman–Crippen LogP) is 3.51. The van der Waals surface area contributed by atoms with E-state index in [4.69, 9.17) is 10.5 Å². The van der Waals surface area contributed by atoms with Crippen LogP contribution in [-0.4, -0.2) is 30.1 Å². The molecule has 0 bridgehead atoms. The molecule has 0 aromatic heterocycles. The topological polar surface area (TPSA) is 64.4 Å². The van der Waals surface area contributed by atoms with Crippen LogP contribution in [0.25, 0.3) is 0 Å². The number of nitrogens with two attached hydrogens (primary N) is 1. The minimum absolute atomic E-state index is 0.106. The first kappa shape index (κ1) is 20.8. The summed E-state index contributed by atoms with van der Waals surface area (Å²) in [5.74, 6) is 2.22. The van der Waals surface area contributed by atoms with Crippen molar-refractivity contribution in [3.63, 3.8) is 0 Å². The quantitative estimate of drug-likeness (QED) is 0.676. The molecule has 1 aromatic carbocycles. The van der Waals surface area contributed by atoms with Gasteiger partial charge in [0.1, 0.15) is 5.75 Å². The van der Waals surface area contributed by atoms with E-state index in [9.17, 15) is 4.79 Å². The van der Waals surface area contributed by atoms with E-state index in [1.54, 1.807) is 11.8 Å². The number of carbonyl (C=O) groups excluding carboxylic acids is 1. The molecule has 0 radical (unpaired) electrons. The third-order valence-electron chi connectivity index (χ3n) is 3.78. The maximum Gasteiger partial charge on any atom is 0.237 e. The fourth-order valence-electron chi connectivity index (χ4n) is 2.54. The Morgan fingerprint density at radius 2 is 2.04 bits per heavy atom. The van der Waals surface area contributed by atoms with Gasteiger partial charge in [0.25, 0.3) is 0 Å². The molecule has 1 unspecified atom stereocenters. The number of hydrogen-bond donors (Lipinski definition) is 2. The van der Waals surface area contributed by atoms with Crippen LogP contribution in [0.1, 0.15) is 44.7 Å². The van der Waals surface area contributed by atoms with E-state index in [0.29, 0.717) is 18.9 Å². The van der Waals surface area contributed by atoms with Crippen LogP contribution in [0, 0.1) is 12.8 Å². The highest BCUT2D eigenvalue weighted by molar-refractivity contribution is 7.98. The summed E-state index contributed by atoms with van der Waals surface area (Å²) in [6.45, 7) is 8.94. The van der Waals surface area contributed by atoms with E-state index in [-0.39, 0.29) is 12.0 Å². The van der Waals surface area contributed by atoms with Gasteiger partial charge in [-0.15, -0.1) is 0 Å². The Morgan fingerprint density at radius 1 is 1.33 bits per heavy atom. The largest absolute Gasteiger partial charge is 0.490 e. The molecule has 5 heteroatoms. The van der Waals surface area contributed by atoms with Crippen LogP contribution in [0.4, 0.5) is 0 Å². The maximum absolute atomic E-state index is 12.1. The van der Waals surface area contributed by atoms with Crippen LogP contribution >= 0.6 is 11.8 Å². The van der Waals surface area contributed by atoms with Gasteiger partial charge in [-0.05, 0) is 56.2 Å². The van der Waals surface area contributed by atoms with Crippen molar-refractivity contribution in [2.45, 2.75) is 59.2 Å². The predicted molar refractivity (Wildman–Crippen MR) is 104 cm³/mol. The van der Waals surface area contributed by atoms with Gasteiger partial charge in [0.2, 0.25) is 5.91 Å². The Balaban J connectivity index is 2.68. The van der Waals surface area contributed by atoms with Gasteiger partial charge in [-0.3, -0.25) is 4.79 Å². The van der Waals surface area contributed by atoms with Gasteiger partial charge in [0, 0.05) is 12.1 Å². The third kappa shape index (κ3) is 7.58. The molecule has 0 saturated carbocycles. The fourth-order valence-corrected chi connectivity index (χ4v) is 3.03. The number of hydrogen-bond acceptors (Lipinski definition) is 4. The van der Waals surface area contributed by atoms with Crippen molar-refractivity contribution in [2.75, 3.05) is 12.0 Å². The molecular formula is C19H32N2O2S. The highest BCUT2D eigenvalue weighted by atomic mass is 32.2. The van der Waals surface area contributed by atoms with Crippen molar-refractivity contribution in [1.29, 1.82) is 0 Å². The number of benzene rings is 1. The van der Waals surface area contributed by atoms with Crippen molar-refractivity contribution in [3.8, 4) is 5.75 Å². The second-order valence-corrected chi connectivity index (χ2v) is 7.76. The van der Waals surface area contributed by atoms with Crippen LogP contribution in [-0.2, 0) is 11.3 Å². The van der Waals surface area contributed by atoms with Crippen molar-refractivity contribution in [3.05, 3.63) is 29.3 Å².